The van der Waals surface area contributed by atoms with Gasteiger partial charge in [0.2, 0.25) is 5.95 Å². The van der Waals surface area contributed by atoms with Crippen molar-refractivity contribution in [2.45, 2.75) is 0 Å². The van der Waals surface area contributed by atoms with Crippen LogP contribution in [0.3, 0.4) is 0 Å². The number of hydrogen-bond acceptors (Lipinski definition) is 6. The van der Waals surface area contributed by atoms with Gasteiger partial charge in [-0.25, -0.2) is 9.50 Å². The van der Waals surface area contributed by atoms with E-state index in [1.165, 1.54) is 0 Å². The van der Waals surface area contributed by atoms with E-state index in [0.29, 0.717) is 16.6 Å². The first kappa shape index (κ1) is 16.3. The number of fused-ring (bicyclic) bond motifs is 1. The fourth-order valence-electron chi connectivity index (χ4n) is 2.53. The molecule has 3 aromatic heterocycles. The third-order valence-electron chi connectivity index (χ3n) is 3.83. The van der Waals surface area contributed by atoms with Crippen LogP contribution in [0.4, 0.5) is 17.5 Å². The molecule has 8 heteroatoms. The zero-order valence-corrected chi connectivity index (χ0v) is 15.0. The number of nitrogens with one attached hydrogen (secondary N) is 1. The van der Waals surface area contributed by atoms with Gasteiger partial charge in [-0.1, -0.05) is 11.6 Å². The number of aromatic nitrogens is 5. The predicted molar refractivity (Wildman–Crippen MR) is 103 cm³/mol. The van der Waals surface area contributed by atoms with E-state index in [1.54, 1.807) is 23.1 Å². The van der Waals surface area contributed by atoms with Gasteiger partial charge in [0.25, 0.3) is 0 Å². The Bertz CT molecular complexity index is 1040. The summed E-state index contributed by atoms with van der Waals surface area (Å²) in [6, 6.07) is 11.3. The number of halogens is 1. The SMILES string of the molecule is CN(C)c1ccc(-c2nccn3nc(Nc4ccc(Cl)cc4)nc23)cn1. The van der Waals surface area contributed by atoms with Gasteiger partial charge < -0.3 is 10.2 Å². The third kappa shape index (κ3) is 3.16. The van der Waals surface area contributed by atoms with E-state index in [9.17, 15) is 0 Å². The van der Waals surface area contributed by atoms with Crippen molar-refractivity contribution in [3.8, 4) is 11.3 Å². The molecule has 4 aromatic rings. The lowest BCUT2D eigenvalue weighted by Gasteiger charge is -2.11. The average molecular weight is 366 g/mol. The number of benzene rings is 1. The zero-order chi connectivity index (χ0) is 18.1. The molecule has 3 heterocycles. The van der Waals surface area contributed by atoms with Crippen molar-refractivity contribution in [3.63, 3.8) is 0 Å². The fraction of sp³-hybridized carbons (Fsp3) is 0.111. The summed E-state index contributed by atoms with van der Waals surface area (Å²) in [5.74, 6) is 1.37. The van der Waals surface area contributed by atoms with Gasteiger partial charge in [-0.3, -0.25) is 4.98 Å². The van der Waals surface area contributed by atoms with Crippen molar-refractivity contribution in [1.82, 2.24) is 24.6 Å². The number of anilines is 3. The Morgan fingerprint density at radius 3 is 2.54 bits per heavy atom. The monoisotopic (exact) mass is 365 g/mol. The van der Waals surface area contributed by atoms with Crippen LogP contribution in [-0.2, 0) is 0 Å². The van der Waals surface area contributed by atoms with E-state index in [-0.39, 0.29) is 0 Å². The molecule has 0 unspecified atom stereocenters. The van der Waals surface area contributed by atoms with Gasteiger partial charge in [-0.2, -0.15) is 4.98 Å². The fourth-order valence-corrected chi connectivity index (χ4v) is 2.65. The Kier molecular flexibility index (Phi) is 4.14. The van der Waals surface area contributed by atoms with Crippen LogP contribution in [0.5, 0.6) is 0 Å². The van der Waals surface area contributed by atoms with Crippen molar-refractivity contribution < 1.29 is 0 Å². The van der Waals surface area contributed by atoms with E-state index in [1.807, 2.05) is 55.4 Å². The second kappa shape index (κ2) is 6.61. The van der Waals surface area contributed by atoms with Gasteiger partial charge in [0, 0.05) is 49.0 Å². The minimum atomic E-state index is 0.486. The standard InChI is InChI=1S/C18H16ClN7/c1-25(2)15-8-3-12(11-21-15)16-17-23-18(24-26(17)10-9-20-16)22-14-6-4-13(19)5-7-14/h3-11H,1-2H3,(H,22,24). The second-order valence-electron chi connectivity index (χ2n) is 5.91. The summed E-state index contributed by atoms with van der Waals surface area (Å²) in [5, 5.41) is 8.31. The number of hydrogen-bond donors (Lipinski definition) is 1. The molecule has 1 aromatic carbocycles. The lowest BCUT2D eigenvalue weighted by Crippen LogP contribution is -2.10. The van der Waals surface area contributed by atoms with Crippen LogP contribution < -0.4 is 10.2 Å². The van der Waals surface area contributed by atoms with Crippen molar-refractivity contribution in [3.05, 3.63) is 60.0 Å². The molecule has 0 radical (unpaired) electrons. The number of nitrogens with zero attached hydrogens (tertiary/aromatic N) is 6. The molecule has 130 valence electrons. The number of rotatable bonds is 4. The quantitative estimate of drug-likeness (QED) is 0.595. The maximum absolute atomic E-state index is 5.92. The summed E-state index contributed by atoms with van der Waals surface area (Å²) in [6.07, 6.45) is 5.25. The predicted octanol–water partition coefficient (Wildman–Crippen LogP) is 3.65. The van der Waals surface area contributed by atoms with Crippen LogP contribution >= 0.6 is 11.6 Å². The summed E-state index contributed by atoms with van der Waals surface area (Å²) in [4.78, 5) is 15.4. The lowest BCUT2D eigenvalue weighted by atomic mass is 10.2. The summed E-state index contributed by atoms with van der Waals surface area (Å²) < 4.78 is 1.69. The molecule has 7 nitrogen and oxygen atoms in total. The first-order valence-electron chi connectivity index (χ1n) is 7.98. The highest BCUT2D eigenvalue weighted by Gasteiger charge is 2.12. The molecular weight excluding hydrogens is 350 g/mol. The van der Waals surface area contributed by atoms with E-state index in [2.05, 4.69) is 25.4 Å². The van der Waals surface area contributed by atoms with Crippen molar-refractivity contribution in [2.75, 3.05) is 24.3 Å². The topological polar surface area (TPSA) is 71.2 Å². The van der Waals surface area contributed by atoms with Gasteiger partial charge >= 0.3 is 0 Å². The van der Waals surface area contributed by atoms with E-state index in [4.69, 9.17) is 11.6 Å². The number of pyridine rings is 1. The smallest absolute Gasteiger partial charge is 0.247 e. The van der Waals surface area contributed by atoms with Crippen molar-refractivity contribution in [1.29, 1.82) is 0 Å². The molecule has 0 bridgehead atoms. The molecule has 4 rings (SSSR count). The molecule has 0 aliphatic rings. The summed E-state index contributed by atoms with van der Waals surface area (Å²) in [5.41, 5.74) is 3.12. The molecule has 0 saturated heterocycles. The second-order valence-corrected chi connectivity index (χ2v) is 6.35. The normalized spacial score (nSPS) is 10.9. The minimum absolute atomic E-state index is 0.486. The highest BCUT2D eigenvalue weighted by atomic mass is 35.5. The molecule has 0 fully saturated rings. The molecule has 0 aliphatic carbocycles. The van der Waals surface area contributed by atoms with Gasteiger partial charge in [0.1, 0.15) is 11.5 Å². The maximum atomic E-state index is 5.92. The van der Waals surface area contributed by atoms with E-state index < -0.39 is 0 Å². The highest BCUT2D eigenvalue weighted by Crippen LogP contribution is 2.24. The van der Waals surface area contributed by atoms with Gasteiger partial charge in [-0.15, -0.1) is 5.10 Å². The Labute approximate surface area is 155 Å². The Morgan fingerprint density at radius 1 is 1.04 bits per heavy atom. The zero-order valence-electron chi connectivity index (χ0n) is 14.3. The largest absolute Gasteiger partial charge is 0.363 e. The molecule has 0 atom stereocenters. The first-order valence-corrected chi connectivity index (χ1v) is 8.36. The van der Waals surface area contributed by atoms with Crippen molar-refractivity contribution >= 4 is 34.7 Å². The van der Waals surface area contributed by atoms with Crippen LogP contribution in [0.1, 0.15) is 0 Å². The maximum Gasteiger partial charge on any atom is 0.247 e. The Morgan fingerprint density at radius 2 is 1.85 bits per heavy atom. The summed E-state index contributed by atoms with van der Waals surface area (Å²) in [6.45, 7) is 0. The van der Waals surface area contributed by atoms with E-state index >= 15 is 0 Å². The molecular formula is C18H16ClN7. The summed E-state index contributed by atoms with van der Waals surface area (Å²) >= 11 is 5.92. The van der Waals surface area contributed by atoms with Crippen LogP contribution in [0.15, 0.2) is 55.0 Å². The van der Waals surface area contributed by atoms with Gasteiger partial charge in [-0.05, 0) is 36.4 Å². The first-order chi connectivity index (χ1) is 12.6. The molecule has 0 saturated carbocycles. The van der Waals surface area contributed by atoms with Crippen LogP contribution in [0.2, 0.25) is 5.02 Å². The Balaban J connectivity index is 1.70. The highest BCUT2D eigenvalue weighted by molar-refractivity contribution is 6.30. The van der Waals surface area contributed by atoms with Gasteiger partial charge in [0.15, 0.2) is 5.65 Å². The Hall–Kier alpha value is -3.19. The van der Waals surface area contributed by atoms with Crippen LogP contribution in [0, 0.1) is 0 Å². The average Bonchev–Trinajstić information content (AvgIpc) is 3.06. The van der Waals surface area contributed by atoms with Gasteiger partial charge in [0.05, 0.1) is 0 Å². The summed E-state index contributed by atoms with van der Waals surface area (Å²) in [7, 11) is 3.91. The van der Waals surface area contributed by atoms with Crippen LogP contribution in [0.25, 0.3) is 16.9 Å². The molecule has 0 aliphatic heterocycles. The third-order valence-corrected chi connectivity index (χ3v) is 4.09. The molecule has 0 amide bonds. The molecule has 0 spiro atoms. The van der Waals surface area contributed by atoms with E-state index in [0.717, 1.165) is 22.8 Å². The van der Waals surface area contributed by atoms with Crippen LogP contribution in [-0.4, -0.2) is 38.7 Å². The minimum Gasteiger partial charge on any atom is -0.363 e. The molecule has 26 heavy (non-hydrogen) atoms. The van der Waals surface area contributed by atoms with Crippen molar-refractivity contribution in [2.24, 2.45) is 0 Å². The lowest BCUT2D eigenvalue weighted by molar-refractivity contribution is 0.951. The molecule has 1 N–H and O–H groups in total.